The number of benzene rings is 1. The lowest BCUT2D eigenvalue weighted by Gasteiger charge is -2.12. The van der Waals surface area contributed by atoms with Crippen LogP contribution < -0.4 is 5.32 Å². The predicted molar refractivity (Wildman–Crippen MR) is 68.6 cm³/mol. The molecule has 0 aliphatic rings. The van der Waals surface area contributed by atoms with Crippen molar-refractivity contribution in [1.82, 2.24) is 15.3 Å². The van der Waals surface area contributed by atoms with Gasteiger partial charge >= 0.3 is 0 Å². The molecule has 0 bridgehead atoms. The molecule has 1 amide bonds. The van der Waals surface area contributed by atoms with Gasteiger partial charge in [0.25, 0.3) is 5.91 Å². The van der Waals surface area contributed by atoms with Crippen LogP contribution in [-0.2, 0) is 0 Å². The lowest BCUT2D eigenvalue weighted by atomic mass is 10.2. The van der Waals surface area contributed by atoms with Crippen molar-refractivity contribution in [3.05, 3.63) is 52.5 Å². The van der Waals surface area contributed by atoms with E-state index >= 15 is 0 Å². The molecule has 0 spiro atoms. The summed E-state index contributed by atoms with van der Waals surface area (Å²) in [6, 6.07) is 7.17. The van der Waals surface area contributed by atoms with Crippen LogP contribution in [0.25, 0.3) is 0 Å². The Kier molecular flexibility index (Phi) is 3.58. The molecule has 2 N–H and O–H groups in total. The highest BCUT2D eigenvalue weighted by Gasteiger charge is 2.14. The fourth-order valence-corrected chi connectivity index (χ4v) is 1.97. The number of hydrogen-bond acceptors (Lipinski definition) is 2. The quantitative estimate of drug-likeness (QED) is 0.914. The van der Waals surface area contributed by atoms with Gasteiger partial charge in [-0.2, -0.15) is 0 Å². The van der Waals surface area contributed by atoms with Crippen molar-refractivity contribution in [2.24, 2.45) is 0 Å². The van der Waals surface area contributed by atoms with Gasteiger partial charge in [0.1, 0.15) is 5.82 Å². The Morgan fingerprint density at radius 1 is 1.47 bits per heavy atom. The summed E-state index contributed by atoms with van der Waals surface area (Å²) in [7, 11) is 0. The highest BCUT2D eigenvalue weighted by Crippen LogP contribution is 2.16. The maximum absolute atomic E-state index is 12.0. The molecule has 1 aromatic heterocycles. The van der Waals surface area contributed by atoms with Gasteiger partial charge in [0, 0.05) is 16.9 Å². The van der Waals surface area contributed by atoms with Crippen LogP contribution in [0.15, 0.2) is 41.1 Å². The molecular weight excluding hydrogens is 282 g/mol. The molecule has 0 radical (unpaired) electrons. The van der Waals surface area contributed by atoms with E-state index in [4.69, 9.17) is 0 Å². The fourth-order valence-electron chi connectivity index (χ4n) is 1.50. The number of halogens is 1. The topological polar surface area (TPSA) is 57.8 Å². The van der Waals surface area contributed by atoms with E-state index in [0.29, 0.717) is 5.56 Å². The smallest absolute Gasteiger partial charge is 0.253 e. The highest BCUT2D eigenvalue weighted by atomic mass is 79.9. The zero-order valence-electron chi connectivity index (χ0n) is 9.27. The summed E-state index contributed by atoms with van der Waals surface area (Å²) in [4.78, 5) is 19.1. The van der Waals surface area contributed by atoms with Gasteiger partial charge in [0.05, 0.1) is 11.6 Å². The monoisotopic (exact) mass is 293 g/mol. The van der Waals surface area contributed by atoms with Gasteiger partial charge in [0.15, 0.2) is 0 Å². The summed E-state index contributed by atoms with van der Waals surface area (Å²) in [5, 5.41) is 2.88. The average Bonchev–Trinajstić information content (AvgIpc) is 2.82. The number of imidazole rings is 1. The lowest BCUT2D eigenvalue weighted by Crippen LogP contribution is -2.27. The largest absolute Gasteiger partial charge is 0.347 e. The van der Waals surface area contributed by atoms with Crippen LogP contribution in [-0.4, -0.2) is 15.9 Å². The van der Waals surface area contributed by atoms with Crippen molar-refractivity contribution in [3.63, 3.8) is 0 Å². The highest BCUT2D eigenvalue weighted by molar-refractivity contribution is 9.10. The third kappa shape index (κ3) is 2.74. The van der Waals surface area contributed by atoms with Gasteiger partial charge in [-0.25, -0.2) is 4.98 Å². The molecular formula is C12H12BrN3O. The van der Waals surface area contributed by atoms with E-state index in [9.17, 15) is 4.79 Å². The molecule has 1 unspecified atom stereocenters. The lowest BCUT2D eigenvalue weighted by molar-refractivity contribution is 0.0937. The molecule has 0 aliphatic carbocycles. The first kappa shape index (κ1) is 11.9. The van der Waals surface area contributed by atoms with Gasteiger partial charge in [-0.15, -0.1) is 0 Å². The number of rotatable bonds is 3. The van der Waals surface area contributed by atoms with Crippen LogP contribution >= 0.6 is 15.9 Å². The van der Waals surface area contributed by atoms with Crippen LogP contribution in [0.4, 0.5) is 0 Å². The summed E-state index contributed by atoms with van der Waals surface area (Å²) >= 11 is 3.35. The molecule has 17 heavy (non-hydrogen) atoms. The zero-order chi connectivity index (χ0) is 12.3. The number of carbonyl (C=O) groups is 1. The number of aromatic amines is 1. The standard InChI is InChI=1S/C12H12BrN3O/c1-8(11-14-6-7-15-11)16-12(17)9-4-2-3-5-10(9)13/h2-8H,1H3,(H,14,15)(H,16,17). The Hall–Kier alpha value is -1.62. The maximum atomic E-state index is 12.0. The minimum atomic E-state index is -0.149. The van der Waals surface area contributed by atoms with Crippen LogP contribution in [0.3, 0.4) is 0 Å². The van der Waals surface area contributed by atoms with Gasteiger partial charge in [-0.3, -0.25) is 4.79 Å². The van der Waals surface area contributed by atoms with E-state index in [0.717, 1.165) is 10.3 Å². The van der Waals surface area contributed by atoms with Crippen LogP contribution in [0, 0.1) is 0 Å². The predicted octanol–water partition coefficient (Wildman–Crippen LogP) is 2.66. The second-order valence-electron chi connectivity index (χ2n) is 3.65. The number of nitrogens with one attached hydrogen (secondary N) is 2. The molecule has 1 heterocycles. The molecule has 2 rings (SSSR count). The van der Waals surface area contributed by atoms with Crippen LogP contribution in [0.1, 0.15) is 29.1 Å². The SMILES string of the molecule is CC(NC(=O)c1ccccc1Br)c1ncc[nH]1. The van der Waals surface area contributed by atoms with Gasteiger partial charge in [-0.05, 0) is 35.0 Å². The van der Waals surface area contributed by atoms with E-state index in [2.05, 4.69) is 31.2 Å². The van der Waals surface area contributed by atoms with E-state index in [1.807, 2.05) is 25.1 Å². The molecule has 5 heteroatoms. The van der Waals surface area contributed by atoms with Gasteiger partial charge in [0.2, 0.25) is 0 Å². The Morgan fingerprint density at radius 2 is 2.24 bits per heavy atom. The third-order valence-corrected chi connectivity index (χ3v) is 3.09. The third-order valence-electron chi connectivity index (χ3n) is 2.40. The van der Waals surface area contributed by atoms with Crippen molar-refractivity contribution in [1.29, 1.82) is 0 Å². The summed E-state index contributed by atoms with van der Waals surface area (Å²) in [6.45, 7) is 1.88. The molecule has 0 saturated heterocycles. The van der Waals surface area contributed by atoms with E-state index in [1.165, 1.54) is 0 Å². The summed E-state index contributed by atoms with van der Waals surface area (Å²) in [5.74, 6) is 0.617. The van der Waals surface area contributed by atoms with Gasteiger partial charge in [-0.1, -0.05) is 12.1 Å². The molecule has 4 nitrogen and oxygen atoms in total. The molecule has 1 aromatic carbocycles. The molecule has 0 saturated carbocycles. The molecule has 1 atom stereocenters. The normalized spacial score (nSPS) is 12.1. The number of hydrogen-bond donors (Lipinski definition) is 2. The first-order valence-electron chi connectivity index (χ1n) is 5.23. The number of H-pyrrole nitrogens is 1. The van der Waals surface area contributed by atoms with Crippen molar-refractivity contribution in [3.8, 4) is 0 Å². The zero-order valence-corrected chi connectivity index (χ0v) is 10.9. The van der Waals surface area contributed by atoms with E-state index < -0.39 is 0 Å². The van der Waals surface area contributed by atoms with Crippen molar-refractivity contribution in [2.75, 3.05) is 0 Å². The maximum Gasteiger partial charge on any atom is 0.253 e. The molecule has 0 aliphatic heterocycles. The van der Waals surface area contributed by atoms with Crippen LogP contribution in [0.2, 0.25) is 0 Å². The summed E-state index contributed by atoms with van der Waals surface area (Å²) in [6.07, 6.45) is 3.40. The van der Waals surface area contributed by atoms with Crippen molar-refractivity contribution >= 4 is 21.8 Å². The Balaban J connectivity index is 2.10. The van der Waals surface area contributed by atoms with Crippen LogP contribution in [0.5, 0.6) is 0 Å². The second kappa shape index (κ2) is 5.14. The van der Waals surface area contributed by atoms with Crippen molar-refractivity contribution < 1.29 is 4.79 Å². The molecule has 0 fully saturated rings. The van der Waals surface area contributed by atoms with Crippen molar-refractivity contribution in [2.45, 2.75) is 13.0 Å². The van der Waals surface area contributed by atoms with Gasteiger partial charge < -0.3 is 10.3 Å². The first-order chi connectivity index (χ1) is 8.18. The second-order valence-corrected chi connectivity index (χ2v) is 4.50. The number of nitrogens with zero attached hydrogens (tertiary/aromatic N) is 1. The summed E-state index contributed by atoms with van der Waals surface area (Å²) < 4.78 is 0.782. The number of amides is 1. The molecule has 88 valence electrons. The number of aromatic nitrogens is 2. The average molecular weight is 294 g/mol. The molecule has 2 aromatic rings. The minimum Gasteiger partial charge on any atom is -0.347 e. The van der Waals surface area contributed by atoms with E-state index in [1.54, 1.807) is 18.5 Å². The Labute approximate surface area is 108 Å². The Morgan fingerprint density at radius 3 is 2.88 bits per heavy atom. The minimum absolute atomic E-state index is 0.124. The van der Waals surface area contributed by atoms with E-state index in [-0.39, 0.29) is 11.9 Å². The number of carbonyl (C=O) groups excluding carboxylic acids is 1. The Bertz CT molecular complexity index is 510. The first-order valence-corrected chi connectivity index (χ1v) is 6.02. The summed E-state index contributed by atoms with van der Waals surface area (Å²) in [5.41, 5.74) is 0.617. The fraction of sp³-hybridized carbons (Fsp3) is 0.167.